The average Bonchev–Trinajstić information content (AvgIpc) is 3.25. The highest BCUT2D eigenvalue weighted by atomic mass is 79.9. The Morgan fingerprint density at radius 3 is 2.67 bits per heavy atom. The van der Waals surface area contributed by atoms with Crippen molar-refractivity contribution in [2.24, 2.45) is 0 Å². The molecule has 1 aliphatic rings. The van der Waals surface area contributed by atoms with E-state index in [-0.39, 0.29) is 5.82 Å². The van der Waals surface area contributed by atoms with E-state index in [1.807, 2.05) is 13.8 Å². The molecule has 0 radical (unpaired) electrons. The second-order valence-corrected chi connectivity index (χ2v) is 6.54. The summed E-state index contributed by atoms with van der Waals surface area (Å²) in [5.74, 6) is 1.50. The van der Waals surface area contributed by atoms with Gasteiger partial charge in [0.15, 0.2) is 0 Å². The molecule has 3 rings (SSSR count). The molecule has 1 heterocycles. The van der Waals surface area contributed by atoms with E-state index in [2.05, 4.69) is 31.2 Å². The zero-order chi connectivity index (χ0) is 15.1. The molecule has 0 saturated heterocycles. The lowest BCUT2D eigenvalue weighted by Gasteiger charge is -2.13. The van der Waals surface area contributed by atoms with Crippen LogP contribution in [0, 0.1) is 19.7 Å². The van der Waals surface area contributed by atoms with Crippen molar-refractivity contribution in [3.05, 3.63) is 44.5 Å². The Balaban J connectivity index is 1.99. The van der Waals surface area contributed by atoms with Gasteiger partial charge in [0.25, 0.3) is 0 Å². The largest absolute Gasteiger partial charge is 0.340 e. The molecule has 0 atom stereocenters. The minimum atomic E-state index is -0.316. The van der Waals surface area contributed by atoms with Crippen LogP contribution in [0.3, 0.4) is 0 Å². The smallest absolute Gasteiger partial charge is 0.139 e. The first-order valence-electron chi connectivity index (χ1n) is 6.72. The van der Waals surface area contributed by atoms with Gasteiger partial charge >= 0.3 is 0 Å². The molecule has 21 heavy (non-hydrogen) atoms. The van der Waals surface area contributed by atoms with Gasteiger partial charge < -0.3 is 5.32 Å². The van der Waals surface area contributed by atoms with Crippen molar-refractivity contribution in [1.29, 1.82) is 0 Å². The second-order valence-electron chi connectivity index (χ2n) is 5.33. The zero-order valence-electron chi connectivity index (χ0n) is 11.7. The maximum Gasteiger partial charge on any atom is 0.139 e. The zero-order valence-corrected chi connectivity index (χ0v) is 14.0. The van der Waals surface area contributed by atoms with E-state index in [0.717, 1.165) is 29.8 Å². The summed E-state index contributed by atoms with van der Waals surface area (Å²) in [5.41, 5.74) is 2.37. The fourth-order valence-corrected chi connectivity index (χ4v) is 2.69. The van der Waals surface area contributed by atoms with Gasteiger partial charge in [-0.3, -0.25) is 0 Å². The van der Waals surface area contributed by atoms with E-state index in [0.29, 0.717) is 27.0 Å². The molecule has 1 aliphatic carbocycles. The van der Waals surface area contributed by atoms with E-state index >= 15 is 0 Å². The standard InChI is InChI=1S/C15H14BrClFN3/c1-7-5-10(16)11(18)6-12(7)19-14-8(2)13(17)20-15(21-14)9-3-4-9/h5-6,9H,3-4H2,1-2H3,(H,19,20,21). The van der Waals surface area contributed by atoms with Gasteiger partial charge in [-0.1, -0.05) is 11.6 Å². The number of aromatic nitrogens is 2. The monoisotopic (exact) mass is 369 g/mol. The summed E-state index contributed by atoms with van der Waals surface area (Å²) in [7, 11) is 0. The van der Waals surface area contributed by atoms with E-state index in [4.69, 9.17) is 11.6 Å². The highest BCUT2D eigenvalue weighted by Crippen LogP contribution is 2.40. The first-order valence-corrected chi connectivity index (χ1v) is 7.89. The van der Waals surface area contributed by atoms with Crippen LogP contribution in [0.25, 0.3) is 0 Å². The number of nitrogens with one attached hydrogen (secondary N) is 1. The highest BCUT2D eigenvalue weighted by Gasteiger charge is 2.28. The van der Waals surface area contributed by atoms with E-state index < -0.39 is 0 Å². The van der Waals surface area contributed by atoms with Crippen LogP contribution < -0.4 is 5.32 Å². The molecule has 110 valence electrons. The topological polar surface area (TPSA) is 37.8 Å². The van der Waals surface area contributed by atoms with Gasteiger partial charge in [0.1, 0.15) is 22.6 Å². The van der Waals surface area contributed by atoms with Gasteiger partial charge in [-0.25, -0.2) is 14.4 Å². The first-order chi connectivity index (χ1) is 9.95. The number of rotatable bonds is 3. The number of aryl methyl sites for hydroxylation is 1. The van der Waals surface area contributed by atoms with Crippen LogP contribution in [-0.2, 0) is 0 Å². The Hall–Kier alpha value is -1.20. The average molecular weight is 371 g/mol. The molecule has 6 heteroatoms. The molecule has 1 aromatic heterocycles. The predicted molar refractivity (Wildman–Crippen MR) is 85.9 cm³/mol. The van der Waals surface area contributed by atoms with Crippen molar-refractivity contribution in [2.75, 3.05) is 5.32 Å². The van der Waals surface area contributed by atoms with E-state index in [1.165, 1.54) is 6.07 Å². The van der Waals surface area contributed by atoms with Crippen LogP contribution in [0.2, 0.25) is 5.15 Å². The van der Waals surface area contributed by atoms with E-state index in [9.17, 15) is 4.39 Å². The molecule has 0 amide bonds. The number of halogens is 3. The highest BCUT2D eigenvalue weighted by molar-refractivity contribution is 9.10. The lowest BCUT2D eigenvalue weighted by atomic mass is 10.2. The summed E-state index contributed by atoms with van der Waals surface area (Å²) in [6.45, 7) is 3.76. The third kappa shape index (κ3) is 3.04. The van der Waals surface area contributed by atoms with Crippen LogP contribution in [0.1, 0.15) is 35.7 Å². The Kier molecular flexibility index (Phi) is 3.88. The van der Waals surface area contributed by atoms with Crippen molar-refractivity contribution in [1.82, 2.24) is 9.97 Å². The fraction of sp³-hybridized carbons (Fsp3) is 0.333. The molecule has 0 bridgehead atoms. The normalized spacial score (nSPS) is 14.3. The summed E-state index contributed by atoms with van der Waals surface area (Å²) in [5, 5.41) is 3.62. The molecule has 0 spiro atoms. The third-order valence-corrected chi connectivity index (χ3v) is 4.54. The molecular formula is C15H14BrClFN3. The number of anilines is 2. The van der Waals surface area contributed by atoms with Crippen molar-refractivity contribution in [3.63, 3.8) is 0 Å². The first kappa shape index (κ1) is 14.7. The molecule has 1 N–H and O–H groups in total. The van der Waals surface area contributed by atoms with Gasteiger partial charge in [-0.05, 0) is 60.3 Å². The summed E-state index contributed by atoms with van der Waals surface area (Å²) in [4.78, 5) is 8.87. The summed E-state index contributed by atoms with van der Waals surface area (Å²) in [6, 6.07) is 3.18. The molecular weight excluding hydrogens is 357 g/mol. The van der Waals surface area contributed by atoms with Gasteiger partial charge in [0.05, 0.1) is 4.47 Å². The lowest BCUT2D eigenvalue weighted by molar-refractivity contribution is 0.621. The maximum absolute atomic E-state index is 13.7. The minimum absolute atomic E-state index is 0.316. The number of benzene rings is 1. The molecule has 2 aromatic rings. The van der Waals surface area contributed by atoms with Crippen LogP contribution >= 0.6 is 27.5 Å². The van der Waals surface area contributed by atoms with Gasteiger partial charge in [-0.2, -0.15) is 0 Å². The SMILES string of the molecule is Cc1cc(Br)c(F)cc1Nc1nc(C2CC2)nc(Cl)c1C. The minimum Gasteiger partial charge on any atom is -0.340 e. The second kappa shape index (κ2) is 5.54. The maximum atomic E-state index is 13.7. The molecule has 1 aromatic carbocycles. The Labute approximate surface area is 136 Å². The molecule has 0 aliphatic heterocycles. The van der Waals surface area contributed by atoms with Gasteiger partial charge in [-0.15, -0.1) is 0 Å². The summed E-state index contributed by atoms with van der Waals surface area (Å²) < 4.78 is 14.2. The van der Waals surface area contributed by atoms with Crippen molar-refractivity contribution < 1.29 is 4.39 Å². The fourth-order valence-electron chi connectivity index (χ4n) is 2.06. The lowest BCUT2D eigenvalue weighted by Crippen LogP contribution is -2.04. The molecule has 0 unspecified atom stereocenters. The van der Waals surface area contributed by atoms with Crippen molar-refractivity contribution >= 4 is 39.0 Å². The van der Waals surface area contributed by atoms with E-state index in [1.54, 1.807) is 6.07 Å². The molecule has 1 fully saturated rings. The summed E-state index contributed by atoms with van der Waals surface area (Å²) >= 11 is 9.36. The number of hydrogen-bond acceptors (Lipinski definition) is 3. The molecule has 1 saturated carbocycles. The number of nitrogens with zero attached hydrogens (tertiary/aromatic N) is 2. The van der Waals surface area contributed by atoms with Crippen LogP contribution in [0.5, 0.6) is 0 Å². The van der Waals surface area contributed by atoms with Gasteiger partial charge in [0, 0.05) is 17.2 Å². The Bertz CT molecular complexity index is 717. The predicted octanol–water partition coefficient (Wildman–Crippen LogP) is 5.27. The van der Waals surface area contributed by atoms with Crippen molar-refractivity contribution in [3.8, 4) is 0 Å². The molecule has 3 nitrogen and oxygen atoms in total. The van der Waals surface area contributed by atoms with Crippen LogP contribution in [0.15, 0.2) is 16.6 Å². The number of hydrogen-bond donors (Lipinski definition) is 1. The summed E-state index contributed by atoms with van der Waals surface area (Å²) in [6.07, 6.45) is 2.20. The van der Waals surface area contributed by atoms with Gasteiger partial charge in [0.2, 0.25) is 0 Å². The quantitative estimate of drug-likeness (QED) is 0.748. The Morgan fingerprint density at radius 2 is 2.00 bits per heavy atom. The third-order valence-electron chi connectivity index (χ3n) is 3.57. The Morgan fingerprint density at radius 1 is 1.29 bits per heavy atom. The van der Waals surface area contributed by atoms with Crippen LogP contribution in [0.4, 0.5) is 15.9 Å². The van der Waals surface area contributed by atoms with Crippen LogP contribution in [-0.4, -0.2) is 9.97 Å². The van der Waals surface area contributed by atoms with Crippen molar-refractivity contribution in [2.45, 2.75) is 32.6 Å².